The molecular weight excluding hydrogens is 150 g/mol. The maximum absolute atomic E-state index is 10.1. The lowest BCUT2D eigenvalue weighted by Crippen LogP contribution is -2.20. The Labute approximate surface area is 72.3 Å². The molecule has 1 heterocycles. The highest BCUT2D eigenvalue weighted by Gasteiger charge is 2.32. The lowest BCUT2D eigenvalue weighted by Gasteiger charge is -2.21. The molecule has 0 saturated heterocycles. The van der Waals surface area contributed by atoms with Crippen LogP contribution in [-0.2, 0) is 5.60 Å². The summed E-state index contributed by atoms with van der Waals surface area (Å²) in [6.45, 7) is 0. The van der Waals surface area contributed by atoms with Crippen LogP contribution in [0, 0.1) is 6.07 Å². The molecule has 0 unspecified atom stereocenters. The summed E-state index contributed by atoms with van der Waals surface area (Å²) in [6.07, 6.45) is 7.32. The summed E-state index contributed by atoms with van der Waals surface area (Å²) in [6, 6.07) is 4.72. The summed E-state index contributed by atoms with van der Waals surface area (Å²) in [5, 5.41) is 10.1. The minimum absolute atomic E-state index is 0.606. The van der Waals surface area contributed by atoms with Crippen LogP contribution in [0.1, 0.15) is 31.2 Å². The van der Waals surface area contributed by atoms with Gasteiger partial charge in [-0.05, 0) is 18.9 Å². The van der Waals surface area contributed by atoms with E-state index in [-0.39, 0.29) is 0 Å². The van der Waals surface area contributed by atoms with Gasteiger partial charge in [0.25, 0.3) is 0 Å². The maximum atomic E-state index is 10.1. The van der Waals surface area contributed by atoms with E-state index in [0.717, 1.165) is 31.2 Å². The molecule has 0 aliphatic heterocycles. The molecule has 1 fully saturated rings. The van der Waals surface area contributed by atoms with E-state index in [4.69, 9.17) is 0 Å². The third-order valence-electron chi connectivity index (χ3n) is 2.57. The van der Waals surface area contributed by atoms with Gasteiger partial charge in [0.15, 0.2) is 0 Å². The van der Waals surface area contributed by atoms with Gasteiger partial charge in [-0.3, -0.25) is 4.98 Å². The molecular formula is C10H12NO. The molecule has 63 valence electrons. The number of nitrogens with zero attached hydrogens (tertiary/aromatic N) is 1. The Morgan fingerprint density at radius 3 is 2.75 bits per heavy atom. The molecule has 1 saturated carbocycles. The summed E-state index contributed by atoms with van der Waals surface area (Å²) < 4.78 is 0. The zero-order chi connectivity index (χ0) is 8.44. The molecule has 12 heavy (non-hydrogen) atoms. The van der Waals surface area contributed by atoms with Crippen molar-refractivity contribution in [3.05, 3.63) is 30.1 Å². The van der Waals surface area contributed by atoms with Gasteiger partial charge in [-0.25, -0.2) is 0 Å². The van der Waals surface area contributed by atoms with Crippen molar-refractivity contribution in [2.24, 2.45) is 0 Å². The largest absolute Gasteiger partial charge is 0.385 e. The second-order valence-corrected chi connectivity index (χ2v) is 3.41. The van der Waals surface area contributed by atoms with Crippen molar-refractivity contribution in [3.8, 4) is 0 Å². The molecule has 0 bridgehead atoms. The quantitative estimate of drug-likeness (QED) is 0.681. The monoisotopic (exact) mass is 162 g/mol. The molecule has 0 amide bonds. The van der Waals surface area contributed by atoms with Crippen molar-refractivity contribution in [1.29, 1.82) is 0 Å². The van der Waals surface area contributed by atoms with E-state index in [0.29, 0.717) is 0 Å². The predicted molar refractivity (Wildman–Crippen MR) is 45.4 cm³/mol. The van der Waals surface area contributed by atoms with Crippen LogP contribution in [0.15, 0.2) is 18.5 Å². The predicted octanol–water partition coefficient (Wildman–Crippen LogP) is 1.64. The van der Waals surface area contributed by atoms with E-state index in [1.165, 1.54) is 0 Å². The molecule has 1 radical (unpaired) electrons. The van der Waals surface area contributed by atoms with Crippen LogP contribution in [0.3, 0.4) is 0 Å². The zero-order valence-electron chi connectivity index (χ0n) is 6.95. The number of pyridine rings is 1. The highest BCUT2D eigenvalue weighted by molar-refractivity contribution is 5.18. The zero-order valence-corrected chi connectivity index (χ0v) is 6.95. The topological polar surface area (TPSA) is 33.1 Å². The molecule has 1 aromatic heterocycles. The fourth-order valence-corrected chi connectivity index (χ4v) is 1.83. The smallest absolute Gasteiger partial charge is 0.0911 e. The number of rotatable bonds is 1. The van der Waals surface area contributed by atoms with Gasteiger partial charge in [-0.2, -0.15) is 0 Å². The maximum Gasteiger partial charge on any atom is 0.0911 e. The molecule has 0 spiro atoms. The first-order valence-corrected chi connectivity index (χ1v) is 4.35. The van der Waals surface area contributed by atoms with Gasteiger partial charge in [0.1, 0.15) is 0 Å². The Balaban J connectivity index is 2.29. The summed E-state index contributed by atoms with van der Waals surface area (Å²) in [4.78, 5) is 3.96. The molecule has 1 aromatic rings. The van der Waals surface area contributed by atoms with Crippen molar-refractivity contribution >= 4 is 0 Å². The number of aromatic nitrogens is 1. The van der Waals surface area contributed by atoms with E-state index in [2.05, 4.69) is 11.1 Å². The van der Waals surface area contributed by atoms with Gasteiger partial charge < -0.3 is 5.11 Å². The van der Waals surface area contributed by atoms with Crippen LogP contribution in [0.5, 0.6) is 0 Å². The fourth-order valence-electron chi connectivity index (χ4n) is 1.83. The standard InChI is InChI=1S/C10H12NO/c12-10(5-1-2-6-10)9-4-3-7-11-8-9/h4,7-8,12H,1-2,5-6H2. The molecule has 0 aromatic carbocycles. The number of aliphatic hydroxyl groups is 1. The van der Waals surface area contributed by atoms with Crippen LogP contribution in [0.2, 0.25) is 0 Å². The Hall–Kier alpha value is -0.890. The molecule has 2 heteroatoms. The minimum Gasteiger partial charge on any atom is -0.385 e. The van der Waals surface area contributed by atoms with Crippen molar-refractivity contribution in [3.63, 3.8) is 0 Å². The summed E-state index contributed by atoms with van der Waals surface area (Å²) in [5.41, 5.74) is 0.313. The lowest BCUT2D eigenvalue weighted by atomic mass is 9.94. The van der Waals surface area contributed by atoms with E-state index < -0.39 is 5.60 Å². The van der Waals surface area contributed by atoms with Crippen LogP contribution in [0.4, 0.5) is 0 Å². The van der Waals surface area contributed by atoms with Crippen molar-refractivity contribution in [1.82, 2.24) is 4.98 Å². The van der Waals surface area contributed by atoms with Crippen LogP contribution in [0.25, 0.3) is 0 Å². The van der Waals surface area contributed by atoms with Gasteiger partial charge in [0, 0.05) is 24.0 Å². The van der Waals surface area contributed by atoms with Gasteiger partial charge in [0.05, 0.1) is 5.60 Å². The molecule has 1 aliphatic carbocycles. The highest BCUT2D eigenvalue weighted by atomic mass is 16.3. The van der Waals surface area contributed by atoms with Crippen molar-refractivity contribution in [2.45, 2.75) is 31.3 Å². The third kappa shape index (κ3) is 1.23. The van der Waals surface area contributed by atoms with Crippen LogP contribution in [-0.4, -0.2) is 10.1 Å². The Morgan fingerprint density at radius 2 is 2.17 bits per heavy atom. The van der Waals surface area contributed by atoms with E-state index in [1.807, 2.05) is 6.07 Å². The summed E-state index contributed by atoms with van der Waals surface area (Å²) >= 11 is 0. The Morgan fingerprint density at radius 1 is 1.42 bits per heavy atom. The first kappa shape index (κ1) is 7.74. The first-order chi connectivity index (χ1) is 5.81. The van der Waals surface area contributed by atoms with E-state index in [1.54, 1.807) is 12.4 Å². The van der Waals surface area contributed by atoms with Gasteiger partial charge >= 0.3 is 0 Å². The van der Waals surface area contributed by atoms with Gasteiger partial charge in [-0.15, -0.1) is 0 Å². The van der Waals surface area contributed by atoms with Crippen LogP contribution >= 0.6 is 0 Å². The molecule has 2 nitrogen and oxygen atoms in total. The fraction of sp³-hybridized carbons (Fsp3) is 0.500. The van der Waals surface area contributed by atoms with Crippen LogP contribution < -0.4 is 0 Å². The SMILES string of the molecule is OC1(c2c[c]cnc2)CCCC1. The van der Waals surface area contributed by atoms with Gasteiger partial charge in [0.2, 0.25) is 0 Å². The first-order valence-electron chi connectivity index (χ1n) is 4.35. The number of hydrogen-bond acceptors (Lipinski definition) is 2. The highest BCUT2D eigenvalue weighted by Crippen LogP contribution is 2.37. The molecule has 0 atom stereocenters. The van der Waals surface area contributed by atoms with E-state index >= 15 is 0 Å². The average Bonchev–Trinajstić information content (AvgIpc) is 2.55. The second-order valence-electron chi connectivity index (χ2n) is 3.41. The molecule has 1 N–H and O–H groups in total. The van der Waals surface area contributed by atoms with Crippen molar-refractivity contribution < 1.29 is 5.11 Å². The number of hydrogen-bond donors (Lipinski definition) is 1. The van der Waals surface area contributed by atoms with Crippen molar-refractivity contribution in [2.75, 3.05) is 0 Å². The summed E-state index contributed by atoms with van der Waals surface area (Å²) in [7, 11) is 0. The third-order valence-corrected chi connectivity index (χ3v) is 2.57. The van der Waals surface area contributed by atoms with Gasteiger partial charge in [-0.1, -0.05) is 12.8 Å². The Bertz CT molecular complexity index is 252. The Kier molecular flexibility index (Phi) is 1.85. The van der Waals surface area contributed by atoms with E-state index in [9.17, 15) is 5.11 Å². The lowest BCUT2D eigenvalue weighted by molar-refractivity contribution is 0.0441. The molecule has 1 aliphatic rings. The summed E-state index contributed by atoms with van der Waals surface area (Å²) in [5.74, 6) is 0. The normalized spacial score (nSPS) is 21.1. The average molecular weight is 162 g/mol. The molecule has 2 rings (SSSR count). The second kappa shape index (κ2) is 2.87. The minimum atomic E-state index is -0.606.